The van der Waals surface area contributed by atoms with Crippen LogP contribution in [-0.4, -0.2) is 11.8 Å². The summed E-state index contributed by atoms with van der Waals surface area (Å²) in [6.45, 7) is 18.4. The second-order valence-electron chi connectivity index (χ2n) is 10.4. The zero-order valence-electron chi connectivity index (χ0n) is 19.3. The fraction of sp³-hybridized carbons (Fsp3) is 0.462. The van der Waals surface area contributed by atoms with E-state index in [4.69, 9.17) is 4.74 Å². The largest absolute Gasteiger partial charge is 0.421 e. The molecule has 0 fully saturated rings. The lowest BCUT2D eigenvalue weighted by Crippen LogP contribution is -2.37. The van der Waals surface area contributed by atoms with Gasteiger partial charge in [0.05, 0.1) is 5.41 Å². The summed E-state index contributed by atoms with van der Waals surface area (Å²) in [5.41, 5.74) is 3.03. The van der Waals surface area contributed by atoms with Crippen LogP contribution in [0, 0.1) is 6.92 Å². The predicted octanol–water partition coefficient (Wildman–Crippen LogP) is 6.04. The Kier molecular flexibility index (Phi) is 6.13. The number of carbonyl (C=O) groups is 2. The SMILES string of the molecule is Cc1c(C(C)(C)C)cc(OC(=O)C(=O)C(C)(C)c2ccccc2)cc1C(C)(C)C. The lowest BCUT2D eigenvalue weighted by atomic mass is 9.76. The van der Waals surface area contributed by atoms with Gasteiger partial charge in [0, 0.05) is 0 Å². The molecule has 156 valence electrons. The van der Waals surface area contributed by atoms with E-state index in [1.807, 2.05) is 42.5 Å². The minimum absolute atomic E-state index is 0.111. The van der Waals surface area contributed by atoms with E-state index in [1.54, 1.807) is 13.8 Å². The van der Waals surface area contributed by atoms with Gasteiger partial charge in [-0.1, -0.05) is 71.9 Å². The zero-order chi connectivity index (χ0) is 22.2. The van der Waals surface area contributed by atoms with E-state index in [9.17, 15) is 9.59 Å². The molecular formula is C26H34O3. The van der Waals surface area contributed by atoms with Gasteiger partial charge < -0.3 is 4.74 Å². The van der Waals surface area contributed by atoms with Crippen LogP contribution in [0.5, 0.6) is 5.75 Å². The second kappa shape index (κ2) is 7.78. The Morgan fingerprint density at radius 3 is 1.62 bits per heavy atom. The third-order valence-corrected chi connectivity index (χ3v) is 5.46. The van der Waals surface area contributed by atoms with Gasteiger partial charge in [0.2, 0.25) is 5.78 Å². The predicted molar refractivity (Wildman–Crippen MR) is 119 cm³/mol. The normalized spacial score (nSPS) is 12.6. The molecule has 0 saturated heterocycles. The van der Waals surface area contributed by atoms with Crippen LogP contribution >= 0.6 is 0 Å². The highest BCUT2D eigenvalue weighted by Crippen LogP contribution is 2.37. The van der Waals surface area contributed by atoms with Gasteiger partial charge in [0.25, 0.3) is 0 Å². The third-order valence-electron chi connectivity index (χ3n) is 5.46. The Morgan fingerprint density at radius 2 is 1.21 bits per heavy atom. The number of hydrogen-bond donors (Lipinski definition) is 0. The van der Waals surface area contributed by atoms with Crippen molar-refractivity contribution in [1.29, 1.82) is 0 Å². The van der Waals surface area contributed by atoms with Crippen molar-refractivity contribution < 1.29 is 14.3 Å². The van der Waals surface area contributed by atoms with E-state index < -0.39 is 17.2 Å². The smallest absolute Gasteiger partial charge is 0.380 e. The minimum Gasteiger partial charge on any atom is -0.421 e. The van der Waals surface area contributed by atoms with Gasteiger partial charge in [-0.3, -0.25) is 4.79 Å². The Labute approximate surface area is 175 Å². The molecule has 0 amide bonds. The average molecular weight is 395 g/mol. The van der Waals surface area contributed by atoms with Gasteiger partial charge in [0.15, 0.2) is 0 Å². The van der Waals surface area contributed by atoms with Crippen molar-refractivity contribution in [3.8, 4) is 5.75 Å². The Hall–Kier alpha value is -2.42. The van der Waals surface area contributed by atoms with Crippen molar-refractivity contribution in [3.63, 3.8) is 0 Å². The Morgan fingerprint density at radius 1 is 0.759 bits per heavy atom. The molecule has 2 aromatic carbocycles. The van der Waals surface area contributed by atoms with Crippen LogP contribution in [0.3, 0.4) is 0 Å². The van der Waals surface area contributed by atoms with Crippen LogP contribution in [0.15, 0.2) is 42.5 Å². The van der Waals surface area contributed by atoms with Crippen LogP contribution in [-0.2, 0) is 25.8 Å². The number of Topliss-reactive ketones (excluding diaryl/α,β-unsaturated/α-hetero) is 1. The van der Waals surface area contributed by atoms with E-state index in [2.05, 4.69) is 48.5 Å². The molecule has 0 N–H and O–H groups in total. The first-order chi connectivity index (χ1) is 13.2. The molecule has 3 nitrogen and oxygen atoms in total. The van der Waals surface area contributed by atoms with Gasteiger partial charge in [-0.05, 0) is 66.0 Å². The number of benzene rings is 2. The van der Waals surface area contributed by atoms with Crippen molar-refractivity contribution >= 4 is 11.8 Å². The molecule has 0 aliphatic heterocycles. The highest BCUT2D eigenvalue weighted by Gasteiger charge is 2.36. The summed E-state index contributed by atoms with van der Waals surface area (Å²) in [6.07, 6.45) is 0. The van der Waals surface area contributed by atoms with Crippen molar-refractivity contribution in [3.05, 3.63) is 64.7 Å². The van der Waals surface area contributed by atoms with Crippen LogP contribution in [0.4, 0.5) is 0 Å². The molecule has 0 bridgehead atoms. The minimum atomic E-state index is -0.956. The maximum absolute atomic E-state index is 12.9. The van der Waals surface area contributed by atoms with Crippen LogP contribution < -0.4 is 4.74 Å². The number of rotatable bonds is 4. The molecule has 0 unspecified atom stereocenters. The summed E-state index contributed by atoms with van der Waals surface area (Å²) in [5, 5.41) is 0. The molecule has 0 aliphatic carbocycles. The maximum atomic E-state index is 12.9. The van der Waals surface area contributed by atoms with E-state index in [-0.39, 0.29) is 10.8 Å². The number of esters is 1. The maximum Gasteiger partial charge on any atom is 0.380 e. The van der Waals surface area contributed by atoms with E-state index in [0.29, 0.717) is 5.75 Å². The summed E-state index contributed by atoms with van der Waals surface area (Å²) in [7, 11) is 0. The van der Waals surface area contributed by atoms with Gasteiger partial charge in [-0.2, -0.15) is 0 Å². The number of carbonyl (C=O) groups excluding carboxylic acids is 2. The molecule has 29 heavy (non-hydrogen) atoms. The number of ketones is 1. The summed E-state index contributed by atoms with van der Waals surface area (Å²) < 4.78 is 5.62. The van der Waals surface area contributed by atoms with Gasteiger partial charge >= 0.3 is 5.97 Å². The Bertz CT molecular complexity index is 872. The average Bonchev–Trinajstić information content (AvgIpc) is 2.61. The summed E-state index contributed by atoms with van der Waals surface area (Å²) in [4.78, 5) is 25.7. The van der Waals surface area contributed by atoms with Crippen LogP contribution in [0.25, 0.3) is 0 Å². The Balaban J connectivity index is 2.43. The second-order valence-corrected chi connectivity index (χ2v) is 10.4. The lowest BCUT2D eigenvalue weighted by molar-refractivity contribution is -0.149. The van der Waals surface area contributed by atoms with Crippen molar-refractivity contribution in [2.75, 3.05) is 0 Å². The third kappa shape index (κ3) is 4.95. The van der Waals surface area contributed by atoms with Crippen LogP contribution in [0.2, 0.25) is 0 Å². The van der Waals surface area contributed by atoms with E-state index in [1.165, 1.54) is 5.56 Å². The van der Waals surface area contributed by atoms with Gasteiger partial charge in [-0.25, -0.2) is 4.79 Å². The quantitative estimate of drug-likeness (QED) is 0.360. The van der Waals surface area contributed by atoms with Gasteiger partial charge in [-0.15, -0.1) is 0 Å². The van der Waals surface area contributed by atoms with E-state index >= 15 is 0 Å². The fourth-order valence-electron chi connectivity index (χ4n) is 3.70. The number of ether oxygens (including phenoxy) is 1. The highest BCUT2D eigenvalue weighted by atomic mass is 16.5. The molecule has 3 heteroatoms. The molecule has 0 heterocycles. The fourth-order valence-corrected chi connectivity index (χ4v) is 3.70. The zero-order valence-corrected chi connectivity index (χ0v) is 19.3. The summed E-state index contributed by atoms with van der Waals surface area (Å²) in [5.74, 6) is -0.964. The topological polar surface area (TPSA) is 43.4 Å². The molecule has 2 aromatic rings. The monoisotopic (exact) mass is 394 g/mol. The molecule has 0 radical (unpaired) electrons. The molecular weight excluding hydrogens is 360 g/mol. The number of hydrogen-bond acceptors (Lipinski definition) is 3. The van der Waals surface area contributed by atoms with Crippen molar-refractivity contribution in [2.24, 2.45) is 0 Å². The molecule has 0 aromatic heterocycles. The molecule has 0 saturated carbocycles. The first-order valence-corrected chi connectivity index (χ1v) is 10.1. The molecule has 0 atom stereocenters. The van der Waals surface area contributed by atoms with Gasteiger partial charge in [0.1, 0.15) is 5.75 Å². The molecule has 2 rings (SSSR count). The molecule has 0 spiro atoms. The van der Waals surface area contributed by atoms with Crippen molar-refractivity contribution in [1.82, 2.24) is 0 Å². The summed E-state index contributed by atoms with van der Waals surface area (Å²) in [6, 6.07) is 13.1. The van der Waals surface area contributed by atoms with E-state index in [0.717, 1.165) is 16.7 Å². The van der Waals surface area contributed by atoms with Crippen LogP contribution in [0.1, 0.15) is 77.6 Å². The van der Waals surface area contributed by atoms with Crippen molar-refractivity contribution in [2.45, 2.75) is 78.6 Å². The first kappa shape index (κ1) is 22.9. The summed E-state index contributed by atoms with van der Waals surface area (Å²) >= 11 is 0. The highest BCUT2D eigenvalue weighted by molar-refractivity contribution is 6.37. The first-order valence-electron chi connectivity index (χ1n) is 10.1. The standard InChI is InChI=1S/C26H34O3/c1-17-20(24(2,3)4)15-19(16-21(17)25(5,6)7)29-23(28)22(27)26(8,9)18-13-11-10-12-14-18/h10-16H,1-9H3. The lowest BCUT2D eigenvalue weighted by Gasteiger charge is -2.29. The molecule has 0 aliphatic rings.